The first-order chi connectivity index (χ1) is 11.2. The summed E-state index contributed by atoms with van der Waals surface area (Å²) in [6.07, 6.45) is 2.17. The molecule has 0 unspecified atom stereocenters. The average Bonchev–Trinajstić information content (AvgIpc) is 3.20. The van der Waals surface area contributed by atoms with Gasteiger partial charge in [-0.3, -0.25) is 4.79 Å². The Morgan fingerprint density at radius 2 is 2.22 bits per heavy atom. The van der Waals surface area contributed by atoms with Crippen LogP contribution in [0.2, 0.25) is 0 Å². The van der Waals surface area contributed by atoms with E-state index in [2.05, 4.69) is 10.1 Å². The van der Waals surface area contributed by atoms with Gasteiger partial charge in [-0.2, -0.15) is 4.98 Å². The minimum atomic E-state index is -0.404. The number of ether oxygens (including phenoxy) is 1. The van der Waals surface area contributed by atoms with Gasteiger partial charge in [-0.05, 0) is 24.5 Å². The number of carbonyl (C=O) groups excluding carboxylic acids is 1. The van der Waals surface area contributed by atoms with Crippen molar-refractivity contribution in [2.45, 2.75) is 38.2 Å². The summed E-state index contributed by atoms with van der Waals surface area (Å²) in [7, 11) is 0. The zero-order chi connectivity index (χ0) is 15.8. The summed E-state index contributed by atoms with van der Waals surface area (Å²) in [5, 5.41) is 4.01. The maximum atomic E-state index is 12.8. The second-order valence-electron chi connectivity index (χ2n) is 6.21. The second kappa shape index (κ2) is 5.68. The van der Waals surface area contributed by atoms with Crippen LogP contribution in [0.3, 0.4) is 0 Å². The molecule has 2 aromatic rings. The topological polar surface area (TPSA) is 68.5 Å². The Morgan fingerprint density at radius 1 is 1.35 bits per heavy atom. The number of fused-ring (bicyclic) bond motifs is 1. The van der Waals surface area contributed by atoms with Crippen LogP contribution in [-0.2, 0) is 11.2 Å². The molecule has 120 valence electrons. The molecule has 4 rings (SSSR count). The predicted octanol–water partition coefficient (Wildman–Crippen LogP) is 2.09. The van der Waals surface area contributed by atoms with Crippen LogP contribution in [0.15, 0.2) is 28.8 Å². The number of amides is 1. The number of benzene rings is 1. The van der Waals surface area contributed by atoms with Crippen molar-refractivity contribution in [2.75, 3.05) is 13.1 Å². The minimum Gasteiger partial charge on any atom is -0.480 e. The number of likely N-dealkylation sites (tertiary alicyclic amines) is 1. The molecule has 6 heteroatoms. The highest BCUT2D eigenvalue weighted by atomic mass is 16.5. The van der Waals surface area contributed by atoms with Gasteiger partial charge >= 0.3 is 0 Å². The van der Waals surface area contributed by atoms with Gasteiger partial charge in [-0.1, -0.05) is 23.4 Å². The van der Waals surface area contributed by atoms with Gasteiger partial charge < -0.3 is 14.2 Å². The van der Waals surface area contributed by atoms with Crippen molar-refractivity contribution < 1.29 is 14.1 Å². The standard InChI is InChI=1S/C17H19N3O3/c1-11-18-16(19-23-11)13-6-4-8-20(10-13)17(21)15-9-12-5-2-3-7-14(12)22-15/h2-3,5,7,13,15H,4,6,8-10H2,1H3/t13-,15-/m1/s1. The van der Waals surface area contributed by atoms with Crippen LogP contribution < -0.4 is 4.74 Å². The van der Waals surface area contributed by atoms with Gasteiger partial charge in [0.1, 0.15) is 5.75 Å². The van der Waals surface area contributed by atoms with Crippen LogP contribution in [-0.4, -0.2) is 40.1 Å². The predicted molar refractivity (Wildman–Crippen MR) is 82.2 cm³/mol. The SMILES string of the molecule is Cc1nc([C@@H]2CCCN(C(=O)[C@H]3Cc4ccccc4O3)C2)no1. The zero-order valence-electron chi connectivity index (χ0n) is 13.1. The Kier molecular flexibility index (Phi) is 3.52. The van der Waals surface area contributed by atoms with E-state index in [-0.39, 0.29) is 11.8 Å². The molecule has 0 aliphatic carbocycles. The first kappa shape index (κ1) is 14.2. The highest BCUT2D eigenvalue weighted by Crippen LogP contribution is 2.31. The van der Waals surface area contributed by atoms with Crippen molar-refractivity contribution in [3.63, 3.8) is 0 Å². The van der Waals surface area contributed by atoms with E-state index in [9.17, 15) is 4.79 Å². The molecule has 2 aliphatic rings. The lowest BCUT2D eigenvalue weighted by atomic mass is 9.96. The quantitative estimate of drug-likeness (QED) is 0.849. The number of piperidine rings is 1. The monoisotopic (exact) mass is 313 g/mol. The van der Waals surface area contributed by atoms with Crippen molar-refractivity contribution in [3.8, 4) is 5.75 Å². The van der Waals surface area contributed by atoms with Crippen molar-refractivity contribution >= 4 is 5.91 Å². The molecule has 1 amide bonds. The lowest BCUT2D eigenvalue weighted by molar-refractivity contribution is -0.139. The Morgan fingerprint density at radius 3 is 3.00 bits per heavy atom. The summed E-state index contributed by atoms with van der Waals surface area (Å²) in [6, 6.07) is 7.85. The largest absolute Gasteiger partial charge is 0.480 e. The van der Waals surface area contributed by atoms with Gasteiger partial charge in [0.25, 0.3) is 5.91 Å². The Hall–Kier alpha value is -2.37. The van der Waals surface area contributed by atoms with E-state index in [1.165, 1.54) is 0 Å². The summed E-state index contributed by atoms with van der Waals surface area (Å²) in [6.45, 7) is 3.18. The van der Waals surface area contributed by atoms with Crippen molar-refractivity contribution in [2.24, 2.45) is 0 Å². The van der Waals surface area contributed by atoms with Gasteiger partial charge in [-0.15, -0.1) is 0 Å². The van der Waals surface area contributed by atoms with Gasteiger partial charge in [0.2, 0.25) is 5.89 Å². The number of nitrogens with zero attached hydrogens (tertiary/aromatic N) is 3. The molecule has 1 aromatic heterocycles. The van der Waals surface area contributed by atoms with Crippen LogP contribution in [0.25, 0.3) is 0 Å². The highest BCUT2D eigenvalue weighted by Gasteiger charge is 2.35. The number of aryl methyl sites for hydroxylation is 1. The average molecular weight is 313 g/mol. The third-order valence-corrected chi connectivity index (χ3v) is 4.56. The lowest BCUT2D eigenvalue weighted by Crippen LogP contribution is -2.46. The Labute approximate surface area is 134 Å². The van der Waals surface area contributed by atoms with Crippen LogP contribution in [0.4, 0.5) is 0 Å². The molecule has 0 radical (unpaired) electrons. The molecule has 1 aromatic carbocycles. The van der Waals surface area contributed by atoms with E-state index < -0.39 is 6.10 Å². The van der Waals surface area contributed by atoms with E-state index in [0.29, 0.717) is 24.7 Å². The van der Waals surface area contributed by atoms with Crippen LogP contribution in [0.5, 0.6) is 5.75 Å². The maximum Gasteiger partial charge on any atom is 0.264 e. The number of aromatic nitrogens is 2. The third-order valence-electron chi connectivity index (χ3n) is 4.56. The maximum absolute atomic E-state index is 12.8. The van der Waals surface area contributed by atoms with Crippen molar-refractivity contribution in [1.82, 2.24) is 15.0 Å². The first-order valence-corrected chi connectivity index (χ1v) is 8.04. The third kappa shape index (κ3) is 2.69. The molecule has 0 spiro atoms. The summed E-state index contributed by atoms with van der Waals surface area (Å²) in [5.41, 5.74) is 1.10. The van der Waals surface area contributed by atoms with Crippen molar-refractivity contribution in [1.29, 1.82) is 0 Å². The fourth-order valence-corrected chi connectivity index (χ4v) is 3.39. The molecule has 6 nitrogen and oxygen atoms in total. The van der Waals surface area contributed by atoms with Crippen molar-refractivity contribution in [3.05, 3.63) is 41.5 Å². The molecule has 23 heavy (non-hydrogen) atoms. The van der Waals surface area contributed by atoms with Gasteiger partial charge in [0.15, 0.2) is 11.9 Å². The fraction of sp³-hybridized carbons (Fsp3) is 0.471. The van der Waals surface area contributed by atoms with E-state index in [1.807, 2.05) is 29.2 Å². The number of hydrogen-bond acceptors (Lipinski definition) is 5. The first-order valence-electron chi connectivity index (χ1n) is 8.04. The van der Waals surface area contributed by atoms with Gasteiger partial charge in [0, 0.05) is 32.4 Å². The van der Waals surface area contributed by atoms with Crippen LogP contribution >= 0.6 is 0 Å². The molecule has 0 bridgehead atoms. The van der Waals surface area contributed by atoms with Gasteiger partial charge in [0.05, 0.1) is 0 Å². The zero-order valence-corrected chi connectivity index (χ0v) is 13.1. The van der Waals surface area contributed by atoms with E-state index >= 15 is 0 Å². The molecule has 2 atom stereocenters. The number of rotatable bonds is 2. The molecular weight excluding hydrogens is 294 g/mol. The highest BCUT2D eigenvalue weighted by molar-refractivity contribution is 5.82. The van der Waals surface area contributed by atoms with E-state index in [4.69, 9.17) is 9.26 Å². The lowest BCUT2D eigenvalue weighted by Gasteiger charge is -2.32. The summed E-state index contributed by atoms with van der Waals surface area (Å²) < 4.78 is 10.9. The minimum absolute atomic E-state index is 0.0612. The molecule has 0 N–H and O–H groups in total. The Balaban J connectivity index is 1.45. The number of carbonyl (C=O) groups is 1. The van der Waals surface area contributed by atoms with Gasteiger partial charge in [-0.25, -0.2) is 0 Å². The molecule has 1 fully saturated rings. The van der Waals surface area contributed by atoms with Crippen LogP contribution in [0, 0.1) is 6.92 Å². The van der Waals surface area contributed by atoms with E-state index in [0.717, 1.165) is 30.7 Å². The summed E-state index contributed by atoms with van der Waals surface area (Å²) in [4.78, 5) is 19.0. The summed E-state index contributed by atoms with van der Waals surface area (Å²) >= 11 is 0. The summed E-state index contributed by atoms with van der Waals surface area (Å²) in [5.74, 6) is 2.31. The molecule has 3 heterocycles. The fourth-order valence-electron chi connectivity index (χ4n) is 3.39. The second-order valence-corrected chi connectivity index (χ2v) is 6.21. The molecule has 0 saturated carbocycles. The normalized spacial score (nSPS) is 23.4. The van der Waals surface area contributed by atoms with E-state index in [1.54, 1.807) is 6.92 Å². The smallest absolute Gasteiger partial charge is 0.264 e. The van der Waals surface area contributed by atoms with Crippen LogP contribution in [0.1, 0.15) is 36.0 Å². The molecular formula is C17H19N3O3. The molecule has 2 aliphatic heterocycles. The number of para-hydroxylation sites is 1. The molecule has 1 saturated heterocycles. The number of hydrogen-bond donors (Lipinski definition) is 0. The Bertz CT molecular complexity index is 702.